The average molecular weight is 465 g/mol. The van der Waals surface area contributed by atoms with E-state index >= 15 is 0 Å². The van der Waals surface area contributed by atoms with Crippen molar-refractivity contribution in [2.45, 2.75) is 11.4 Å². The van der Waals surface area contributed by atoms with E-state index in [-0.39, 0.29) is 4.90 Å². The molecule has 0 atom stereocenters. The van der Waals surface area contributed by atoms with Gasteiger partial charge in [0.25, 0.3) is 15.9 Å². The highest BCUT2D eigenvalue weighted by molar-refractivity contribution is 7.90. The first-order chi connectivity index (χ1) is 14.9. The van der Waals surface area contributed by atoms with E-state index in [1.165, 1.54) is 23.9 Å². The zero-order chi connectivity index (χ0) is 24.3. The molecule has 0 aliphatic rings. The summed E-state index contributed by atoms with van der Waals surface area (Å²) in [6.07, 6.45) is 6.41. The SMILES string of the molecule is CN(C)Cc1ccc(S(=O)(=O)n2ccc(/C=C/C(=O)NO)c2)cc1.O=C(O)/C=C\C(=O)O. The number of carboxylic acids is 2. The van der Waals surface area contributed by atoms with E-state index in [0.717, 1.165) is 22.2 Å². The Balaban J connectivity index is 0.000000547. The van der Waals surface area contributed by atoms with Gasteiger partial charge in [-0.05, 0) is 49.5 Å². The van der Waals surface area contributed by atoms with Crippen molar-refractivity contribution in [3.63, 3.8) is 0 Å². The number of carbonyl (C=O) groups excluding carboxylic acids is 1. The van der Waals surface area contributed by atoms with Gasteiger partial charge in [0.15, 0.2) is 0 Å². The van der Waals surface area contributed by atoms with E-state index in [1.54, 1.807) is 30.3 Å². The lowest BCUT2D eigenvalue weighted by atomic mass is 10.2. The van der Waals surface area contributed by atoms with Gasteiger partial charge in [-0.15, -0.1) is 0 Å². The number of carbonyl (C=O) groups is 3. The third-order valence-corrected chi connectivity index (χ3v) is 5.24. The molecule has 11 nitrogen and oxygen atoms in total. The molecule has 0 radical (unpaired) electrons. The number of hydroxylamine groups is 1. The lowest BCUT2D eigenvalue weighted by molar-refractivity contribution is -0.134. The quantitative estimate of drug-likeness (QED) is 0.253. The van der Waals surface area contributed by atoms with E-state index < -0.39 is 27.9 Å². The maximum absolute atomic E-state index is 12.6. The third kappa shape index (κ3) is 8.95. The second-order valence-corrected chi connectivity index (χ2v) is 8.32. The molecule has 2 rings (SSSR count). The highest BCUT2D eigenvalue weighted by atomic mass is 32.2. The van der Waals surface area contributed by atoms with Crippen LogP contribution in [0.3, 0.4) is 0 Å². The molecule has 0 unspecified atom stereocenters. The normalized spacial score (nSPS) is 11.4. The molecule has 1 aromatic heterocycles. The molecule has 1 aromatic carbocycles. The number of aromatic nitrogens is 1. The van der Waals surface area contributed by atoms with Crippen LogP contribution >= 0.6 is 0 Å². The first-order valence-corrected chi connectivity index (χ1v) is 10.3. The van der Waals surface area contributed by atoms with E-state index in [1.807, 2.05) is 19.0 Å². The highest BCUT2D eigenvalue weighted by Gasteiger charge is 2.16. The predicted octanol–water partition coefficient (Wildman–Crippen LogP) is 1.02. The summed E-state index contributed by atoms with van der Waals surface area (Å²) in [7, 11) is 0.194. The standard InChI is InChI=1S/C16H19N3O4S.C4H4O4/c1-18(2)11-13-3-6-15(7-4-13)24(22,23)19-10-9-14(12-19)5-8-16(20)17-21;5-3(6)1-2-4(7)8/h3-10,12,21H,11H2,1-2H3,(H,17,20);1-2H,(H,5,6)(H,7,8)/b8-5+;2-1-. The molecular weight excluding hydrogens is 442 g/mol. The first kappa shape index (κ1) is 26.3. The molecule has 4 N–H and O–H groups in total. The van der Waals surface area contributed by atoms with Crippen LogP contribution in [0.15, 0.2) is 65.8 Å². The molecule has 2 aromatic rings. The van der Waals surface area contributed by atoms with Crippen molar-refractivity contribution < 1.29 is 38.2 Å². The molecule has 1 heterocycles. The van der Waals surface area contributed by atoms with Crippen molar-refractivity contribution in [3.05, 3.63) is 72.1 Å². The Kier molecular flexibility index (Phi) is 10.0. The van der Waals surface area contributed by atoms with Crippen LogP contribution < -0.4 is 5.48 Å². The smallest absolute Gasteiger partial charge is 0.328 e. The van der Waals surface area contributed by atoms with Gasteiger partial charge in [0, 0.05) is 37.2 Å². The number of benzene rings is 1. The van der Waals surface area contributed by atoms with Crippen LogP contribution in [-0.4, -0.2) is 64.7 Å². The minimum atomic E-state index is -3.69. The van der Waals surface area contributed by atoms with Crippen LogP contribution in [0.25, 0.3) is 6.08 Å². The monoisotopic (exact) mass is 465 g/mol. The van der Waals surface area contributed by atoms with Crippen LogP contribution in [0.1, 0.15) is 11.1 Å². The van der Waals surface area contributed by atoms with Gasteiger partial charge in [-0.3, -0.25) is 10.0 Å². The van der Waals surface area contributed by atoms with Crippen molar-refractivity contribution in [2.75, 3.05) is 14.1 Å². The fourth-order valence-electron chi connectivity index (χ4n) is 2.25. The third-order valence-electron chi connectivity index (χ3n) is 3.59. The minimum Gasteiger partial charge on any atom is -0.478 e. The van der Waals surface area contributed by atoms with Crippen molar-refractivity contribution >= 4 is 33.9 Å². The van der Waals surface area contributed by atoms with Gasteiger partial charge in [0.05, 0.1) is 4.90 Å². The van der Waals surface area contributed by atoms with E-state index in [2.05, 4.69) is 0 Å². The van der Waals surface area contributed by atoms with Gasteiger partial charge in [0.2, 0.25) is 0 Å². The fourth-order valence-corrected chi connectivity index (χ4v) is 3.45. The second-order valence-electron chi connectivity index (χ2n) is 6.48. The molecule has 0 bridgehead atoms. The van der Waals surface area contributed by atoms with Crippen molar-refractivity contribution in [2.24, 2.45) is 0 Å². The lowest BCUT2D eigenvalue weighted by Crippen LogP contribution is -2.14. The molecule has 172 valence electrons. The summed E-state index contributed by atoms with van der Waals surface area (Å²) < 4.78 is 26.3. The number of amides is 1. The van der Waals surface area contributed by atoms with Gasteiger partial charge >= 0.3 is 11.9 Å². The molecule has 1 amide bonds. The summed E-state index contributed by atoms with van der Waals surface area (Å²) in [5.74, 6) is -3.21. The van der Waals surface area contributed by atoms with Crippen LogP contribution in [0.5, 0.6) is 0 Å². The van der Waals surface area contributed by atoms with Gasteiger partial charge < -0.3 is 15.1 Å². The number of carboxylic acid groups (broad SMARTS) is 2. The van der Waals surface area contributed by atoms with E-state index in [4.69, 9.17) is 15.4 Å². The molecule has 32 heavy (non-hydrogen) atoms. The Labute approximate surface area is 184 Å². The van der Waals surface area contributed by atoms with Gasteiger partial charge in [-0.25, -0.2) is 27.5 Å². The predicted molar refractivity (Wildman–Crippen MR) is 114 cm³/mol. The van der Waals surface area contributed by atoms with Gasteiger partial charge in [-0.2, -0.15) is 0 Å². The molecule has 12 heteroatoms. The average Bonchev–Trinajstić information content (AvgIpc) is 3.21. The number of nitrogens with one attached hydrogen (secondary N) is 1. The summed E-state index contributed by atoms with van der Waals surface area (Å²) in [5.41, 5.74) is 3.00. The second kappa shape index (κ2) is 12.2. The summed E-state index contributed by atoms with van der Waals surface area (Å²) >= 11 is 0. The summed E-state index contributed by atoms with van der Waals surface area (Å²) in [5, 5.41) is 24.0. The molecule has 0 saturated carbocycles. The topological polar surface area (TPSA) is 166 Å². The van der Waals surface area contributed by atoms with Gasteiger partial charge in [-0.1, -0.05) is 12.1 Å². The number of hydrogen-bond acceptors (Lipinski definition) is 7. The number of rotatable bonds is 8. The summed E-state index contributed by atoms with van der Waals surface area (Å²) in [6.45, 7) is 0.728. The number of aliphatic carboxylic acids is 2. The minimum absolute atomic E-state index is 0.184. The lowest BCUT2D eigenvalue weighted by Gasteiger charge is -2.10. The molecule has 0 fully saturated rings. The summed E-state index contributed by atoms with van der Waals surface area (Å²) in [6, 6.07) is 8.26. The zero-order valence-corrected chi connectivity index (χ0v) is 18.1. The number of nitrogens with zero attached hydrogens (tertiary/aromatic N) is 2. The van der Waals surface area contributed by atoms with Crippen LogP contribution in [-0.2, 0) is 31.0 Å². The van der Waals surface area contributed by atoms with Gasteiger partial charge in [0.1, 0.15) is 0 Å². The Morgan fingerprint density at radius 3 is 2.03 bits per heavy atom. The fraction of sp³-hybridized carbons (Fsp3) is 0.150. The summed E-state index contributed by atoms with van der Waals surface area (Å²) in [4.78, 5) is 32.2. The molecule has 0 aliphatic heterocycles. The molecule has 0 saturated heterocycles. The van der Waals surface area contributed by atoms with Crippen LogP contribution in [0.2, 0.25) is 0 Å². The van der Waals surface area contributed by atoms with Crippen LogP contribution in [0, 0.1) is 0 Å². The zero-order valence-electron chi connectivity index (χ0n) is 17.2. The van der Waals surface area contributed by atoms with Crippen molar-refractivity contribution in [1.29, 1.82) is 0 Å². The Bertz CT molecular complexity index is 1080. The largest absolute Gasteiger partial charge is 0.478 e. The maximum atomic E-state index is 12.6. The molecule has 0 spiro atoms. The molecule has 0 aliphatic carbocycles. The maximum Gasteiger partial charge on any atom is 0.328 e. The molecular formula is C20H23N3O8S. The van der Waals surface area contributed by atoms with E-state index in [0.29, 0.717) is 17.7 Å². The first-order valence-electron chi connectivity index (χ1n) is 8.89. The highest BCUT2D eigenvalue weighted by Crippen LogP contribution is 2.17. The Morgan fingerprint density at radius 1 is 1.00 bits per heavy atom. The van der Waals surface area contributed by atoms with E-state index in [9.17, 15) is 22.8 Å². The van der Waals surface area contributed by atoms with Crippen molar-refractivity contribution in [3.8, 4) is 0 Å². The van der Waals surface area contributed by atoms with Crippen LogP contribution in [0.4, 0.5) is 0 Å². The Morgan fingerprint density at radius 2 is 1.56 bits per heavy atom. The Hall–Kier alpha value is -3.74. The number of hydrogen-bond donors (Lipinski definition) is 4. The van der Waals surface area contributed by atoms with Crippen molar-refractivity contribution in [1.82, 2.24) is 14.4 Å².